The molecule has 0 spiro atoms. The van der Waals surface area contributed by atoms with Gasteiger partial charge >= 0.3 is 0 Å². The Bertz CT molecular complexity index is 721. The van der Waals surface area contributed by atoms with E-state index in [2.05, 4.69) is 41.7 Å². The van der Waals surface area contributed by atoms with Crippen molar-refractivity contribution in [1.82, 2.24) is 9.97 Å². The van der Waals surface area contributed by atoms with Gasteiger partial charge in [0.25, 0.3) is 0 Å². The molecule has 2 heteroatoms. The maximum Gasteiger partial charge on any atom is 0.0705 e. The van der Waals surface area contributed by atoms with E-state index >= 15 is 0 Å². The highest BCUT2D eigenvalue weighted by atomic mass is 14.7. The molecule has 4 rings (SSSR count). The van der Waals surface area contributed by atoms with Gasteiger partial charge < -0.3 is 0 Å². The second-order valence-corrected chi connectivity index (χ2v) is 4.96. The van der Waals surface area contributed by atoms with E-state index in [1.54, 1.807) is 0 Å². The molecule has 0 amide bonds. The zero-order valence-corrected chi connectivity index (χ0v) is 10.4. The average Bonchev–Trinajstić information content (AvgIpc) is 3.28. The summed E-state index contributed by atoms with van der Waals surface area (Å²) in [6, 6.07) is 16.7. The Hall–Kier alpha value is -2.22. The summed E-state index contributed by atoms with van der Waals surface area (Å²) in [6.45, 7) is 0. The summed E-state index contributed by atoms with van der Waals surface area (Å²) in [4.78, 5) is 8.94. The minimum atomic E-state index is 0.439. The monoisotopic (exact) mass is 245 g/mol. The summed E-state index contributed by atoms with van der Waals surface area (Å²) in [5.41, 5.74) is 3.51. The number of hydrogen-bond acceptors (Lipinski definition) is 2. The smallest absolute Gasteiger partial charge is 0.0705 e. The molecule has 1 saturated carbocycles. The van der Waals surface area contributed by atoms with Crippen molar-refractivity contribution in [3.63, 3.8) is 0 Å². The molecule has 0 aliphatic heterocycles. The molecular formula is C17H13N2. The van der Waals surface area contributed by atoms with Crippen molar-refractivity contribution in [1.29, 1.82) is 0 Å². The van der Waals surface area contributed by atoms with Gasteiger partial charge in [-0.05, 0) is 36.1 Å². The van der Waals surface area contributed by atoms with Gasteiger partial charge in [-0.1, -0.05) is 30.3 Å². The van der Waals surface area contributed by atoms with E-state index < -0.39 is 0 Å². The molecule has 91 valence electrons. The van der Waals surface area contributed by atoms with Gasteiger partial charge in [-0.25, -0.2) is 0 Å². The number of aromatic nitrogens is 2. The van der Waals surface area contributed by atoms with Crippen LogP contribution in [0.1, 0.15) is 23.1 Å². The fourth-order valence-electron chi connectivity index (χ4n) is 2.60. The molecule has 0 bridgehead atoms. The van der Waals surface area contributed by atoms with Crippen LogP contribution in [0.3, 0.4) is 0 Å². The minimum Gasteiger partial charge on any atom is -0.264 e. The molecule has 2 atom stereocenters. The zero-order chi connectivity index (χ0) is 12.7. The van der Waals surface area contributed by atoms with Crippen molar-refractivity contribution in [3.8, 4) is 0 Å². The first-order valence-corrected chi connectivity index (χ1v) is 6.52. The number of para-hydroxylation sites is 1. The number of fused-ring (bicyclic) bond motifs is 1. The van der Waals surface area contributed by atoms with Crippen LogP contribution < -0.4 is 0 Å². The lowest BCUT2D eigenvalue weighted by Gasteiger charge is -2.02. The molecular weight excluding hydrogens is 232 g/mol. The van der Waals surface area contributed by atoms with Crippen molar-refractivity contribution in [2.24, 2.45) is 0 Å². The molecule has 1 aliphatic carbocycles. The van der Waals surface area contributed by atoms with Crippen LogP contribution in [0.5, 0.6) is 0 Å². The highest BCUT2D eigenvalue weighted by molar-refractivity contribution is 5.78. The fraction of sp³-hybridized carbons (Fsp3) is 0.118. The summed E-state index contributed by atoms with van der Waals surface area (Å²) in [7, 11) is 0. The third-order valence-corrected chi connectivity index (χ3v) is 3.69. The Morgan fingerprint density at radius 3 is 2.68 bits per heavy atom. The second-order valence-electron chi connectivity index (χ2n) is 4.96. The van der Waals surface area contributed by atoms with E-state index in [-0.39, 0.29) is 0 Å². The van der Waals surface area contributed by atoms with E-state index in [4.69, 9.17) is 4.98 Å². The lowest BCUT2D eigenvalue weighted by atomic mass is 10.1. The third kappa shape index (κ3) is 1.89. The molecule has 19 heavy (non-hydrogen) atoms. The zero-order valence-electron chi connectivity index (χ0n) is 10.4. The SMILES string of the molecule is [CH]1C(c2cccnc2)C1c1ccc2ccccc2n1. The van der Waals surface area contributed by atoms with Crippen molar-refractivity contribution in [3.05, 3.63) is 78.6 Å². The van der Waals surface area contributed by atoms with Gasteiger partial charge in [-0.15, -0.1) is 0 Å². The van der Waals surface area contributed by atoms with Gasteiger partial charge in [-0.3, -0.25) is 9.97 Å². The highest BCUT2D eigenvalue weighted by Gasteiger charge is 2.41. The van der Waals surface area contributed by atoms with Crippen molar-refractivity contribution < 1.29 is 0 Å². The van der Waals surface area contributed by atoms with Crippen LogP contribution in [0, 0.1) is 6.42 Å². The molecule has 1 radical (unpaired) electrons. The first-order chi connectivity index (χ1) is 9.42. The van der Waals surface area contributed by atoms with Gasteiger partial charge in [0.15, 0.2) is 0 Å². The number of rotatable bonds is 2. The predicted molar refractivity (Wildman–Crippen MR) is 75.8 cm³/mol. The standard InChI is InChI=1S/C17H13N2/c1-2-6-16-12(4-1)7-8-17(19-16)15-10-14(15)13-5-3-9-18-11-13/h1-11,14-15H. The number of benzene rings is 1. The maximum atomic E-state index is 4.76. The first-order valence-electron chi connectivity index (χ1n) is 6.52. The Kier molecular flexibility index (Phi) is 2.34. The van der Waals surface area contributed by atoms with Gasteiger partial charge in [-0.2, -0.15) is 0 Å². The molecule has 0 saturated heterocycles. The molecule has 0 N–H and O–H groups in total. The quantitative estimate of drug-likeness (QED) is 0.687. The van der Waals surface area contributed by atoms with E-state index in [1.165, 1.54) is 10.9 Å². The Morgan fingerprint density at radius 2 is 1.79 bits per heavy atom. The Morgan fingerprint density at radius 1 is 0.842 bits per heavy atom. The van der Waals surface area contributed by atoms with Gasteiger partial charge in [0.1, 0.15) is 0 Å². The van der Waals surface area contributed by atoms with E-state index in [1.807, 2.05) is 30.6 Å². The van der Waals surface area contributed by atoms with E-state index in [0.717, 1.165) is 11.2 Å². The molecule has 1 aromatic carbocycles. The van der Waals surface area contributed by atoms with Gasteiger partial charge in [0.05, 0.1) is 5.52 Å². The molecule has 2 heterocycles. The van der Waals surface area contributed by atoms with Crippen LogP contribution in [0.2, 0.25) is 0 Å². The van der Waals surface area contributed by atoms with Crippen LogP contribution >= 0.6 is 0 Å². The van der Waals surface area contributed by atoms with Crippen LogP contribution in [0.25, 0.3) is 10.9 Å². The van der Waals surface area contributed by atoms with Crippen LogP contribution in [-0.2, 0) is 0 Å². The van der Waals surface area contributed by atoms with Crippen molar-refractivity contribution in [2.45, 2.75) is 11.8 Å². The van der Waals surface area contributed by atoms with Gasteiger partial charge in [0.2, 0.25) is 0 Å². The van der Waals surface area contributed by atoms with Crippen molar-refractivity contribution >= 4 is 10.9 Å². The molecule has 2 aromatic heterocycles. The van der Waals surface area contributed by atoms with E-state index in [9.17, 15) is 0 Å². The first kappa shape index (κ1) is 10.7. The van der Waals surface area contributed by atoms with Crippen LogP contribution in [-0.4, -0.2) is 9.97 Å². The summed E-state index contributed by atoms with van der Waals surface area (Å²) >= 11 is 0. The fourth-order valence-corrected chi connectivity index (χ4v) is 2.60. The summed E-state index contributed by atoms with van der Waals surface area (Å²) in [5, 5.41) is 1.20. The number of pyridine rings is 2. The second kappa shape index (κ2) is 4.16. The summed E-state index contributed by atoms with van der Waals surface area (Å²) < 4.78 is 0. The Balaban J connectivity index is 1.66. The molecule has 2 unspecified atom stereocenters. The average molecular weight is 245 g/mol. The Labute approximate surface area is 112 Å². The van der Waals surface area contributed by atoms with Crippen molar-refractivity contribution in [2.75, 3.05) is 0 Å². The molecule has 1 fully saturated rings. The van der Waals surface area contributed by atoms with E-state index in [0.29, 0.717) is 11.8 Å². The third-order valence-electron chi connectivity index (χ3n) is 3.69. The number of hydrogen-bond donors (Lipinski definition) is 0. The summed E-state index contributed by atoms with van der Waals surface area (Å²) in [5.74, 6) is 0.913. The molecule has 3 aromatic rings. The predicted octanol–water partition coefficient (Wildman–Crippen LogP) is 3.72. The molecule has 2 nitrogen and oxygen atoms in total. The largest absolute Gasteiger partial charge is 0.264 e. The lowest BCUT2D eigenvalue weighted by molar-refractivity contribution is 0.972. The normalized spacial score (nSPS) is 21.5. The van der Waals surface area contributed by atoms with Crippen LogP contribution in [0.4, 0.5) is 0 Å². The molecule has 1 aliphatic rings. The lowest BCUT2D eigenvalue weighted by Crippen LogP contribution is -1.90. The maximum absolute atomic E-state index is 4.76. The summed E-state index contributed by atoms with van der Waals surface area (Å²) in [6.07, 6.45) is 6.09. The van der Waals surface area contributed by atoms with Gasteiger partial charge in [0, 0.05) is 29.4 Å². The number of nitrogens with zero attached hydrogens (tertiary/aromatic N) is 2. The topological polar surface area (TPSA) is 25.8 Å². The highest BCUT2D eigenvalue weighted by Crippen LogP contribution is 2.52. The van der Waals surface area contributed by atoms with Crippen LogP contribution in [0.15, 0.2) is 60.9 Å². The minimum absolute atomic E-state index is 0.439.